The number of hydrogen-bond donors (Lipinski definition) is 1. The van der Waals surface area contributed by atoms with Crippen molar-refractivity contribution in [1.82, 2.24) is 10.3 Å². The summed E-state index contributed by atoms with van der Waals surface area (Å²) in [5.41, 5.74) is 6.17. The predicted octanol–water partition coefficient (Wildman–Crippen LogP) is 5.70. The summed E-state index contributed by atoms with van der Waals surface area (Å²) in [6.45, 7) is 3.18. The predicted molar refractivity (Wildman–Crippen MR) is 129 cm³/mol. The van der Waals surface area contributed by atoms with Crippen LogP contribution in [0.1, 0.15) is 34.6 Å². The van der Waals surface area contributed by atoms with Gasteiger partial charge in [-0.05, 0) is 73.2 Å². The molecule has 0 radical (unpaired) electrons. The van der Waals surface area contributed by atoms with E-state index in [1.54, 1.807) is 6.26 Å². The summed E-state index contributed by atoms with van der Waals surface area (Å²) in [6.07, 6.45) is 6.76. The second-order valence-electron chi connectivity index (χ2n) is 8.35. The molecule has 1 aromatic carbocycles. The van der Waals surface area contributed by atoms with Crippen molar-refractivity contribution in [3.8, 4) is 11.3 Å². The molecule has 6 rings (SSSR count). The van der Waals surface area contributed by atoms with Gasteiger partial charge in [0.1, 0.15) is 17.1 Å². The minimum Gasteiger partial charge on any atom is -0.468 e. The van der Waals surface area contributed by atoms with Crippen LogP contribution < -0.4 is 10.9 Å². The summed E-state index contributed by atoms with van der Waals surface area (Å²) in [5, 5.41) is 5.29. The van der Waals surface area contributed by atoms with Crippen LogP contribution in [-0.2, 0) is 25.9 Å². The molecule has 0 spiro atoms. The van der Waals surface area contributed by atoms with Crippen LogP contribution in [0.5, 0.6) is 0 Å². The Morgan fingerprint density at radius 3 is 2.70 bits per heavy atom. The third kappa shape index (κ3) is 3.86. The largest absolute Gasteiger partial charge is 0.468 e. The molecule has 5 aromatic rings. The molecule has 1 aliphatic rings. The van der Waals surface area contributed by atoms with E-state index in [-0.39, 0.29) is 18.0 Å². The number of hydrogen-bond acceptors (Lipinski definition) is 6. The first-order valence-corrected chi connectivity index (χ1v) is 10.9. The lowest BCUT2D eigenvalue weighted by Gasteiger charge is -2.06. The van der Waals surface area contributed by atoms with Crippen LogP contribution in [0.15, 0.2) is 66.9 Å². The standard InChI is InChI=1S/C26H22N2O4.ClH/c1-15-26-20(18(13-28-15)12-27-14-19-6-3-7-30-19)10-24(32-26)22-11-25(29)31-23-9-17-5-2-4-16(17)8-21(22)23;/h3,6-11,13,27H,2,4-5,12,14H2,1H3;1H. The van der Waals surface area contributed by atoms with E-state index in [1.165, 1.54) is 17.2 Å². The SMILES string of the molecule is Cc1ncc(CNCc2ccco2)c2cc(-c3cc(=O)oc4cc5c(cc34)CCC5)oc12.Cl. The molecule has 0 fully saturated rings. The zero-order chi connectivity index (χ0) is 21.7. The van der Waals surface area contributed by atoms with Crippen molar-refractivity contribution in [2.75, 3.05) is 0 Å². The Kier molecular flexibility index (Phi) is 5.56. The molecule has 168 valence electrons. The molecule has 0 saturated heterocycles. The van der Waals surface area contributed by atoms with Gasteiger partial charge < -0.3 is 18.6 Å². The highest BCUT2D eigenvalue weighted by Crippen LogP contribution is 2.36. The quantitative estimate of drug-likeness (QED) is 0.337. The fourth-order valence-corrected chi connectivity index (χ4v) is 4.64. The number of pyridine rings is 1. The van der Waals surface area contributed by atoms with Crippen LogP contribution in [-0.4, -0.2) is 4.98 Å². The minimum atomic E-state index is -0.374. The highest BCUT2D eigenvalue weighted by Gasteiger charge is 2.19. The van der Waals surface area contributed by atoms with E-state index in [9.17, 15) is 4.79 Å². The smallest absolute Gasteiger partial charge is 0.336 e. The number of furan rings is 2. The number of aromatic nitrogens is 1. The molecule has 6 nitrogen and oxygen atoms in total. The maximum Gasteiger partial charge on any atom is 0.336 e. The molecule has 4 aromatic heterocycles. The molecule has 33 heavy (non-hydrogen) atoms. The monoisotopic (exact) mass is 462 g/mol. The van der Waals surface area contributed by atoms with Crippen molar-refractivity contribution in [3.05, 3.63) is 87.4 Å². The van der Waals surface area contributed by atoms with Crippen molar-refractivity contribution in [3.63, 3.8) is 0 Å². The molecular weight excluding hydrogens is 440 g/mol. The molecule has 0 unspecified atom stereocenters. The Bertz CT molecular complexity index is 1520. The van der Waals surface area contributed by atoms with Crippen LogP contribution in [0, 0.1) is 6.92 Å². The number of fused-ring (bicyclic) bond motifs is 3. The summed E-state index contributed by atoms with van der Waals surface area (Å²) < 4.78 is 17.2. The van der Waals surface area contributed by atoms with Gasteiger partial charge in [-0.1, -0.05) is 0 Å². The summed E-state index contributed by atoms with van der Waals surface area (Å²) in [6, 6.07) is 11.5. The highest BCUT2D eigenvalue weighted by atomic mass is 35.5. The molecular formula is C26H23ClN2O4. The molecule has 0 atom stereocenters. The molecule has 0 aliphatic heterocycles. The van der Waals surface area contributed by atoms with E-state index in [2.05, 4.69) is 16.4 Å². The van der Waals surface area contributed by atoms with Crippen molar-refractivity contribution in [2.24, 2.45) is 0 Å². The van der Waals surface area contributed by atoms with Crippen LogP contribution in [0.3, 0.4) is 0 Å². The zero-order valence-electron chi connectivity index (χ0n) is 18.1. The Morgan fingerprint density at radius 2 is 1.88 bits per heavy atom. The first-order valence-electron chi connectivity index (χ1n) is 10.9. The summed E-state index contributed by atoms with van der Waals surface area (Å²) in [7, 11) is 0. The minimum absolute atomic E-state index is 0. The van der Waals surface area contributed by atoms with Gasteiger partial charge in [0.25, 0.3) is 0 Å². The van der Waals surface area contributed by atoms with Gasteiger partial charge in [0, 0.05) is 35.1 Å². The van der Waals surface area contributed by atoms with Crippen molar-refractivity contribution in [2.45, 2.75) is 39.3 Å². The number of rotatable bonds is 5. The molecule has 7 heteroatoms. The van der Waals surface area contributed by atoms with Gasteiger partial charge >= 0.3 is 5.63 Å². The van der Waals surface area contributed by atoms with E-state index >= 15 is 0 Å². The fourth-order valence-electron chi connectivity index (χ4n) is 4.64. The fraction of sp³-hybridized carbons (Fsp3) is 0.231. The van der Waals surface area contributed by atoms with Crippen LogP contribution in [0.4, 0.5) is 0 Å². The number of benzene rings is 1. The molecule has 0 amide bonds. The number of nitrogens with one attached hydrogen (secondary N) is 1. The topological polar surface area (TPSA) is 81.4 Å². The number of aryl methyl sites for hydroxylation is 3. The number of halogens is 1. The van der Waals surface area contributed by atoms with Gasteiger partial charge in [0.05, 0.1) is 18.5 Å². The summed E-state index contributed by atoms with van der Waals surface area (Å²) in [4.78, 5) is 16.9. The first kappa shape index (κ1) is 21.5. The van der Waals surface area contributed by atoms with Gasteiger partial charge in [-0.2, -0.15) is 0 Å². The first-order chi connectivity index (χ1) is 15.7. The Balaban J connectivity index is 0.00000228. The lowest BCUT2D eigenvalue weighted by Crippen LogP contribution is -2.12. The van der Waals surface area contributed by atoms with Crippen LogP contribution in [0.2, 0.25) is 0 Å². The van der Waals surface area contributed by atoms with Gasteiger partial charge in [0.15, 0.2) is 5.58 Å². The number of nitrogens with zero attached hydrogens (tertiary/aromatic N) is 1. The lowest BCUT2D eigenvalue weighted by atomic mass is 10.0. The van der Waals surface area contributed by atoms with Crippen LogP contribution in [0.25, 0.3) is 33.3 Å². The Morgan fingerprint density at radius 1 is 1.03 bits per heavy atom. The average molecular weight is 463 g/mol. The Labute approximate surface area is 196 Å². The van der Waals surface area contributed by atoms with E-state index in [1.807, 2.05) is 37.4 Å². The molecule has 0 saturated carbocycles. The molecule has 0 bridgehead atoms. The maximum absolute atomic E-state index is 12.3. The van der Waals surface area contributed by atoms with Gasteiger partial charge in [-0.25, -0.2) is 4.79 Å². The second kappa shape index (κ2) is 8.54. The Hall–Kier alpha value is -3.35. The van der Waals surface area contributed by atoms with Gasteiger partial charge in [-0.15, -0.1) is 12.4 Å². The van der Waals surface area contributed by atoms with Crippen LogP contribution >= 0.6 is 12.4 Å². The van der Waals surface area contributed by atoms with E-state index in [4.69, 9.17) is 13.3 Å². The average Bonchev–Trinajstić information content (AvgIpc) is 3.54. The third-order valence-corrected chi connectivity index (χ3v) is 6.24. The van der Waals surface area contributed by atoms with Gasteiger partial charge in [0.2, 0.25) is 0 Å². The second-order valence-corrected chi connectivity index (χ2v) is 8.35. The summed E-state index contributed by atoms with van der Waals surface area (Å²) in [5.74, 6) is 1.53. The normalized spacial score (nSPS) is 12.9. The van der Waals surface area contributed by atoms with E-state index in [0.29, 0.717) is 24.4 Å². The van der Waals surface area contributed by atoms with Crippen molar-refractivity contribution in [1.29, 1.82) is 0 Å². The zero-order valence-corrected chi connectivity index (χ0v) is 19.0. The van der Waals surface area contributed by atoms with Crippen molar-refractivity contribution >= 4 is 34.3 Å². The third-order valence-electron chi connectivity index (χ3n) is 6.24. The van der Waals surface area contributed by atoms with E-state index < -0.39 is 0 Å². The molecule has 1 aliphatic carbocycles. The summed E-state index contributed by atoms with van der Waals surface area (Å²) >= 11 is 0. The highest BCUT2D eigenvalue weighted by molar-refractivity contribution is 5.96. The lowest BCUT2D eigenvalue weighted by molar-refractivity contribution is 0.483. The van der Waals surface area contributed by atoms with E-state index in [0.717, 1.165) is 58.2 Å². The van der Waals surface area contributed by atoms with Crippen molar-refractivity contribution < 1.29 is 13.3 Å². The molecule has 1 N–H and O–H groups in total. The van der Waals surface area contributed by atoms with Gasteiger partial charge in [-0.3, -0.25) is 4.98 Å². The maximum atomic E-state index is 12.3. The molecule has 4 heterocycles.